The van der Waals surface area contributed by atoms with Crippen LogP contribution in [0, 0.1) is 5.92 Å². The van der Waals surface area contributed by atoms with E-state index in [0.717, 1.165) is 23.6 Å². The first-order valence-corrected chi connectivity index (χ1v) is 8.77. The lowest BCUT2D eigenvalue weighted by atomic mass is 9.95. The van der Waals surface area contributed by atoms with Crippen LogP contribution in [0.1, 0.15) is 27.2 Å². The van der Waals surface area contributed by atoms with Crippen molar-refractivity contribution in [3.63, 3.8) is 0 Å². The molecule has 4 atom stereocenters. The number of hydrogen-bond donors (Lipinski definition) is 1. The molecule has 1 fully saturated rings. The van der Waals surface area contributed by atoms with E-state index in [4.69, 9.17) is 21.1 Å². The summed E-state index contributed by atoms with van der Waals surface area (Å²) in [5.41, 5.74) is 0. The number of nitrogens with zero attached hydrogens (tertiary/aromatic N) is 1. The molecule has 140 valence electrons. The van der Waals surface area contributed by atoms with Gasteiger partial charge in [0.05, 0.1) is 13.0 Å². The largest absolute Gasteiger partial charge is 0.479 e. The maximum Gasteiger partial charge on any atom is 0.345 e. The van der Waals surface area contributed by atoms with Crippen molar-refractivity contribution in [1.82, 2.24) is 4.90 Å². The second-order valence-corrected chi connectivity index (χ2v) is 7.22. The number of thioether (sulfide) groups is 1. The van der Waals surface area contributed by atoms with Crippen molar-refractivity contribution in [2.75, 3.05) is 6.61 Å². The van der Waals surface area contributed by atoms with Crippen LogP contribution in [0.2, 0.25) is 0 Å². The molecule has 3 unspecified atom stereocenters. The van der Waals surface area contributed by atoms with Gasteiger partial charge in [-0.05, 0) is 26.2 Å². The van der Waals surface area contributed by atoms with Crippen LogP contribution in [0.25, 0.3) is 0 Å². The third kappa shape index (κ3) is 4.66. The number of carboxylic acid groups (broad SMARTS) is 1. The van der Waals surface area contributed by atoms with Crippen molar-refractivity contribution >= 4 is 47.2 Å². The minimum absolute atomic E-state index is 0.147. The average molecular weight is 394 g/mol. The van der Waals surface area contributed by atoms with Crippen LogP contribution in [0.4, 0.5) is 0 Å². The van der Waals surface area contributed by atoms with Crippen LogP contribution in [0.5, 0.6) is 0 Å². The first-order valence-electron chi connectivity index (χ1n) is 7.45. The third-order valence-electron chi connectivity index (χ3n) is 3.45. The van der Waals surface area contributed by atoms with Gasteiger partial charge in [0, 0.05) is 0 Å². The number of likely N-dealkylation sites (tertiary alicyclic amines) is 1. The van der Waals surface area contributed by atoms with Crippen LogP contribution in [0.15, 0.2) is 12.0 Å². The SMILES string of the molecule is C=CS[C@@H]1C(C(=O)OC(C)CC(=O)OCC)C(=O)N1C(C)(Cl)C(=O)O. The number of amides is 1. The summed E-state index contributed by atoms with van der Waals surface area (Å²) in [7, 11) is 0. The van der Waals surface area contributed by atoms with Crippen molar-refractivity contribution < 1.29 is 33.8 Å². The number of halogens is 1. The van der Waals surface area contributed by atoms with E-state index >= 15 is 0 Å². The van der Waals surface area contributed by atoms with Gasteiger partial charge in [-0.3, -0.25) is 19.3 Å². The molecule has 1 aliphatic heterocycles. The maximum atomic E-state index is 12.3. The Bertz CT molecular complexity index is 580. The number of carbonyl (C=O) groups is 4. The van der Waals surface area contributed by atoms with Gasteiger partial charge in [0.15, 0.2) is 5.92 Å². The summed E-state index contributed by atoms with van der Waals surface area (Å²) in [6, 6.07) is 0. The summed E-state index contributed by atoms with van der Waals surface area (Å²) < 4.78 is 9.87. The highest BCUT2D eigenvalue weighted by atomic mass is 35.5. The second-order valence-electron chi connectivity index (χ2n) is 5.39. The summed E-state index contributed by atoms with van der Waals surface area (Å²) >= 11 is 6.91. The topological polar surface area (TPSA) is 110 Å². The van der Waals surface area contributed by atoms with Gasteiger partial charge < -0.3 is 14.6 Å². The van der Waals surface area contributed by atoms with E-state index in [1.54, 1.807) is 6.92 Å². The number of ether oxygens (including phenoxy) is 2. The Hall–Kier alpha value is -1.74. The molecule has 1 saturated heterocycles. The summed E-state index contributed by atoms with van der Waals surface area (Å²) in [5.74, 6) is -4.77. The zero-order valence-corrected chi connectivity index (χ0v) is 15.6. The van der Waals surface area contributed by atoms with Gasteiger partial charge in [0.25, 0.3) is 0 Å². The molecule has 0 aromatic carbocycles. The third-order valence-corrected chi connectivity index (χ3v) is 4.75. The molecule has 0 aliphatic carbocycles. The molecule has 0 saturated carbocycles. The number of alkyl halides is 1. The van der Waals surface area contributed by atoms with E-state index in [9.17, 15) is 24.3 Å². The zero-order valence-electron chi connectivity index (χ0n) is 14.1. The molecule has 0 aromatic heterocycles. The molecule has 1 amide bonds. The molecule has 0 radical (unpaired) electrons. The number of rotatable bonds is 9. The highest BCUT2D eigenvalue weighted by Crippen LogP contribution is 2.43. The fraction of sp³-hybridized carbons (Fsp3) is 0.600. The summed E-state index contributed by atoms with van der Waals surface area (Å²) in [4.78, 5) is 46.1. The van der Waals surface area contributed by atoms with Crippen LogP contribution < -0.4 is 0 Å². The predicted molar refractivity (Wildman–Crippen MR) is 90.6 cm³/mol. The van der Waals surface area contributed by atoms with Crippen molar-refractivity contribution in [3.05, 3.63) is 12.0 Å². The Morgan fingerprint density at radius 2 is 2.12 bits per heavy atom. The summed E-state index contributed by atoms with van der Waals surface area (Å²) in [6.45, 7) is 8.01. The summed E-state index contributed by atoms with van der Waals surface area (Å²) in [6.07, 6.45) is -0.934. The van der Waals surface area contributed by atoms with E-state index in [0.29, 0.717) is 0 Å². The standard InChI is InChI=1S/C15H20ClNO7S/c1-5-23-9(18)7-8(3)24-13(20)10-11(19)17(12(10)25-6-2)15(4,16)14(21)22/h6,8,10,12H,2,5,7H2,1,3-4H3,(H,21,22)/t8?,10?,12-,15?/m1/s1. The Morgan fingerprint density at radius 1 is 1.52 bits per heavy atom. The average Bonchev–Trinajstić information content (AvgIpc) is 2.46. The maximum absolute atomic E-state index is 12.3. The molecule has 0 bridgehead atoms. The highest BCUT2D eigenvalue weighted by molar-refractivity contribution is 8.02. The molecule has 10 heteroatoms. The zero-order chi connectivity index (χ0) is 19.4. The lowest BCUT2D eigenvalue weighted by Crippen LogP contribution is -2.70. The quantitative estimate of drug-likeness (QED) is 0.206. The molecule has 1 rings (SSSR count). The minimum Gasteiger partial charge on any atom is -0.479 e. The van der Waals surface area contributed by atoms with E-state index in [1.807, 2.05) is 0 Å². The van der Waals surface area contributed by atoms with E-state index < -0.39 is 46.2 Å². The monoisotopic (exact) mass is 393 g/mol. The van der Waals surface area contributed by atoms with E-state index in [2.05, 4.69) is 6.58 Å². The van der Waals surface area contributed by atoms with Gasteiger partial charge in [-0.15, -0.1) is 11.8 Å². The molecule has 0 spiro atoms. The molecule has 1 heterocycles. The Kier molecular flexibility index (Phi) is 7.30. The molecule has 1 aliphatic rings. The fourth-order valence-corrected chi connectivity index (χ4v) is 3.50. The van der Waals surface area contributed by atoms with Crippen LogP contribution in [0.3, 0.4) is 0 Å². The molecule has 8 nitrogen and oxygen atoms in total. The lowest BCUT2D eigenvalue weighted by molar-refractivity contribution is -0.179. The van der Waals surface area contributed by atoms with E-state index in [-0.39, 0.29) is 13.0 Å². The minimum atomic E-state index is -1.99. The molecular weight excluding hydrogens is 374 g/mol. The van der Waals surface area contributed by atoms with E-state index in [1.165, 1.54) is 12.3 Å². The van der Waals surface area contributed by atoms with Gasteiger partial charge in [0.1, 0.15) is 11.5 Å². The van der Waals surface area contributed by atoms with Gasteiger partial charge in [-0.2, -0.15) is 0 Å². The van der Waals surface area contributed by atoms with Gasteiger partial charge in [-0.25, -0.2) is 4.79 Å². The Balaban J connectivity index is 2.81. The first-order chi connectivity index (χ1) is 11.6. The Labute approximate surface area is 154 Å². The normalized spacial score (nSPS) is 23.0. The molecule has 1 N–H and O–H groups in total. The van der Waals surface area contributed by atoms with Crippen molar-refractivity contribution in [2.45, 2.75) is 43.7 Å². The fourth-order valence-electron chi connectivity index (χ4n) is 2.24. The first kappa shape index (κ1) is 21.3. The van der Waals surface area contributed by atoms with Crippen molar-refractivity contribution in [2.24, 2.45) is 5.92 Å². The lowest BCUT2D eigenvalue weighted by Gasteiger charge is -2.49. The molecular formula is C15H20ClNO7S. The smallest absolute Gasteiger partial charge is 0.345 e. The van der Waals surface area contributed by atoms with Crippen LogP contribution in [-0.4, -0.2) is 56.9 Å². The van der Waals surface area contributed by atoms with Gasteiger partial charge in [-0.1, -0.05) is 18.2 Å². The molecule has 0 aromatic rings. The second kappa shape index (κ2) is 8.57. The predicted octanol–water partition coefficient (Wildman–Crippen LogP) is 1.57. The number of carboxylic acids is 1. The van der Waals surface area contributed by atoms with Gasteiger partial charge in [0.2, 0.25) is 10.9 Å². The summed E-state index contributed by atoms with van der Waals surface area (Å²) in [5, 5.41) is 9.69. The van der Waals surface area contributed by atoms with Crippen LogP contribution in [-0.2, 0) is 28.7 Å². The Morgan fingerprint density at radius 3 is 2.60 bits per heavy atom. The number of β-lactam (4-membered cyclic amide) rings is 1. The number of esters is 2. The highest BCUT2D eigenvalue weighted by Gasteiger charge is 2.61. The number of hydrogen-bond acceptors (Lipinski definition) is 7. The van der Waals surface area contributed by atoms with Crippen molar-refractivity contribution in [1.29, 1.82) is 0 Å². The number of aliphatic carboxylic acids is 1. The molecule has 25 heavy (non-hydrogen) atoms. The van der Waals surface area contributed by atoms with Crippen LogP contribution >= 0.6 is 23.4 Å². The van der Waals surface area contributed by atoms with Crippen molar-refractivity contribution in [3.8, 4) is 0 Å². The van der Waals surface area contributed by atoms with Gasteiger partial charge >= 0.3 is 17.9 Å². The number of carbonyl (C=O) groups excluding carboxylic acids is 3.